The number of nitrogens with zero attached hydrogens (tertiary/aromatic N) is 2. The van der Waals surface area contributed by atoms with Crippen LogP contribution in [0, 0.1) is 5.92 Å². The van der Waals surface area contributed by atoms with Gasteiger partial charge in [0.15, 0.2) is 0 Å². The lowest BCUT2D eigenvalue weighted by atomic mass is 10.3. The van der Waals surface area contributed by atoms with Gasteiger partial charge in [0.1, 0.15) is 0 Å². The molecule has 1 aliphatic rings. The minimum absolute atomic E-state index is 0.559. The number of aliphatic imine (C=N–C) groups is 1. The van der Waals surface area contributed by atoms with Gasteiger partial charge in [0.2, 0.25) is 0 Å². The quantitative estimate of drug-likeness (QED) is 0.557. The molecule has 1 heterocycles. The zero-order chi connectivity index (χ0) is 9.10. The van der Waals surface area contributed by atoms with Gasteiger partial charge < -0.3 is 5.73 Å². The highest BCUT2D eigenvalue weighted by Crippen LogP contribution is 2.28. The van der Waals surface area contributed by atoms with Gasteiger partial charge in [-0.15, -0.1) is 0 Å². The number of hydrogen-bond acceptors (Lipinski definition) is 2. The van der Waals surface area contributed by atoms with Gasteiger partial charge in [0.25, 0.3) is 0 Å². The maximum Gasteiger partial charge on any atom is 0.0973 e. The van der Waals surface area contributed by atoms with E-state index in [1.807, 2.05) is 18.2 Å². The van der Waals surface area contributed by atoms with Crippen LogP contribution in [0.25, 0.3) is 0 Å². The second-order valence-electron chi connectivity index (χ2n) is 3.34. The maximum atomic E-state index is 5.75. The first-order valence-electron chi connectivity index (χ1n) is 4.56. The van der Waals surface area contributed by atoms with Gasteiger partial charge >= 0.3 is 0 Å². The van der Waals surface area contributed by atoms with E-state index in [2.05, 4.69) is 9.98 Å². The van der Waals surface area contributed by atoms with E-state index >= 15 is 0 Å². The minimum Gasteiger partial charge on any atom is -0.387 e. The van der Waals surface area contributed by atoms with E-state index in [-0.39, 0.29) is 0 Å². The van der Waals surface area contributed by atoms with Crippen LogP contribution in [0.3, 0.4) is 0 Å². The molecule has 0 aromatic carbocycles. The zero-order valence-corrected chi connectivity index (χ0v) is 7.48. The second-order valence-corrected chi connectivity index (χ2v) is 3.34. The van der Waals surface area contributed by atoms with Crippen LogP contribution in [-0.4, -0.2) is 10.8 Å². The molecule has 0 unspecified atom stereocenters. The molecule has 0 radical (unpaired) electrons. The smallest absolute Gasteiger partial charge is 0.0973 e. The summed E-state index contributed by atoms with van der Waals surface area (Å²) in [4.78, 5) is 8.46. The molecule has 68 valence electrons. The van der Waals surface area contributed by atoms with Gasteiger partial charge in [-0.3, -0.25) is 9.98 Å². The molecule has 0 bridgehead atoms. The third-order valence-corrected chi connectivity index (χ3v) is 2.15. The standard InChI is InChI=1S/C10H13N3/c11-10(8-4-5-8)13-7-9-3-1-2-6-12-9/h1-3,6,8H,4-5,7H2,(H2,11,13). The second kappa shape index (κ2) is 3.56. The number of amidine groups is 1. The molecule has 1 saturated carbocycles. The summed E-state index contributed by atoms with van der Waals surface area (Å²) in [5.41, 5.74) is 6.73. The van der Waals surface area contributed by atoms with Crippen molar-refractivity contribution in [1.82, 2.24) is 4.98 Å². The molecular formula is C10H13N3. The average molecular weight is 175 g/mol. The van der Waals surface area contributed by atoms with Crippen LogP contribution in [-0.2, 0) is 6.54 Å². The Labute approximate surface area is 77.7 Å². The number of nitrogens with two attached hydrogens (primary N) is 1. The SMILES string of the molecule is NC(=NCc1ccccn1)C1CC1. The van der Waals surface area contributed by atoms with Crippen LogP contribution in [0.5, 0.6) is 0 Å². The fourth-order valence-corrected chi connectivity index (χ4v) is 1.17. The first-order valence-corrected chi connectivity index (χ1v) is 4.56. The van der Waals surface area contributed by atoms with Gasteiger partial charge in [-0.2, -0.15) is 0 Å². The van der Waals surface area contributed by atoms with Crippen molar-refractivity contribution in [2.24, 2.45) is 16.6 Å². The van der Waals surface area contributed by atoms with Crippen molar-refractivity contribution in [3.8, 4) is 0 Å². The van der Waals surface area contributed by atoms with E-state index in [1.54, 1.807) is 6.20 Å². The molecule has 13 heavy (non-hydrogen) atoms. The number of aromatic nitrogens is 1. The third-order valence-electron chi connectivity index (χ3n) is 2.15. The van der Waals surface area contributed by atoms with E-state index < -0.39 is 0 Å². The summed E-state index contributed by atoms with van der Waals surface area (Å²) in [6, 6.07) is 5.83. The lowest BCUT2D eigenvalue weighted by Crippen LogP contribution is -2.14. The van der Waals surface area contributed by atoms with Crippen molar-refractivity contribution in [3.05, 3.63) is 30.1 Å². The average Bonchev–Trinajstić information content (AvgIpc) is 2.99. The van der Waals surface area contributed by atoms with Crippen LogP contribution in [0.15, 0.2) is 29.4 Å². The first-order chi connectivity index (χ1) is 6.36. The molecule has 0 atom stereocenters. The Bertz CT molecular complexity index is 301. The normalized spacial score (nSPS) is 17.4. The summed E-state index contributed by atoms with van der Waals surface area (Å²) in [5, 5.41) is 0. The van der Waals surface area contributed by atoms with Gasteiger partial charge in [-0.1, -0.05) is 6.07 Å². The Kier molecular flexibility index (Phi) is 2.25. The fourth-order valence-electron chi connectivity index (χ4n) is 1.17. The summed E-state index contributed by atoms with van der Waals surface area (Å²) in [7, 11) is 0. The predicted octanol–water partition coefficient (Wildman–Crippen LogP) is 1.35. The summed E-state index contributed by atoms with van der Waals surface area (Å²) in [5.74, 6) is 1.36. The van der Waals surface area contributed by atoms with Gasteiger partial charge in [0.05, 0.1) is 18.1 Å². The number of hydrogen-bond donors (Lipinski definition) is 1. The minimum atomic E-state index is 0.559. The summed E-state index contributed by atoms with van der Waals surface area (Å²) in [6.45, 7) is 0.614. The molecule has 1 aromatic rings. The van der Waals surface area contributed by atoms with Gasteiger partial charge in [0, 0.05) is 12.1 Å². The summed E-state index contributed by atoms with van der Waals surface area (Å²) < 4.78 is 0. The Morgan fingerprint density at radius 1 is 1.54 bits per heavy atom. The van der Waals surface area contributed by atoms with Crippen LogP contribution in [0.4, 0.5) is 0 Å². The molecule has 0 aliphatic heterocycles. The molecule has 2 rings (SSSR count). The van der Waals surface area contributed by atoms with E-state index in [4.69, 9.17) is 5.73 Å². The van der Waals surface area contributed by atoms with Crippen molar-refractivity contribution in [2.75, 3.05) is 0 Å². The summed E-state index contributed by atoms with van der Waals surface area (Å²) >= 11 is 0. The highest BCUT2D eigenvalue weighted by molar-refractivity contribution is 5.84. The number of pyridine rings is 1. The molecule has 1 fully saturated rings. The molecule has 3 nitrogen and oxygen atoms in total. The van der Waals surface area contributed by atoms with Gasteiger partial charge in [-0.25, -0.2) is 0 Å². The predicted molar refractivity (Wildman–Crippen MR) is 52.3 cm³/mol. The van der Waals surface area contributed by atoms with E-state index in [0.717, 1.165) is 11.5 Å². The number of rotatable bonds is 3. The fraction of sp³-hybridized carbons (Fsp3) is 0.400. The Morgan fingerprint density at radius 2 is 2.38 bits per heavy atom. The third kappa shape index (κ3) is 2.28. The van der Waals surface area contributed by atoms with Crippen LogP contribution in [0.1, 0.15) is 18.5 Å². The zero-order valence-electron chi connectivity index (χ0n) is 7.48. The van der Waals surface area contributed by atoms with Crippen molar-refractivity contribution in [1.29, 1.82) is 0 Å². The molecular weight excluding hydrogens is 162 g/mol. The lowest BCUT2D eigenvalue weighted by Gasteiger charge is -1.97. The largest absolute Gasteiger partial charge is 0.387 e. The summed E-state index contributed by atoms with van der Waals surface area (Å²) in [6.07, 6.45) is 4.19. The monoisotopic (exact) mass is 175 g/mol. The van der Waals surface area contributed by atoms with Crippen molar-refractivity contribution < 1.29 is 0 Å². The van der Waals surface area contributed by atoms with Crippen molar-refractivity contribution >= 4 is 5.84 Å². The highest BCUT2D eigenvalue weighted by atomic mass is 14.9. The topological polar surface area (TPSA) is 51.3 Å². The van der Waals surface area contributed by atoms with E-state index in [1.165, 1.54) is 12.8 Å². The van der Waals surface area contributed by atoms with Crippen LogP contribution >= 0.6 is 0 Å². The Morgan fingerprint density at radius 3 is 3.00 bits per heavy atom. The molecule has 0 amide bonds. The van der Waals surface area contributed by atoms with E-state index in [0.29, 0.717) is 12.5 Å². The Balaban J connectivity index is 1.95. The van der Waals surface area contributed by atoms with Crippen LogP contribution in [0.2, 0.25) is 0 Å². The maximum absolute atomic E-state index is 5.75. The van der Waals surface area contributed by atoms with E-state index in [9.17, 15) is 0 Å². The molecule has 0 saturated heterocycles. The molecule has 0 spiro atoms. The molecule has 2 N–H and O–H groups in total. The molecule has 1 aromatic heterocycles. The first kappa shape index (κ1) is 8.23. The van der Waals surface area contributed by atoms with Crippen molar-refractivity contribution in [3.63, 3.8) is 0 Å². The van der Waals surface area contributed by atoms with Gasteiger partial charge in [-0.05, 0) is 25.0 Å². The van der Waals surface area contributed by atoms with Crippen molar-refractivity contribution in [2.45, 2.75) is 19.4 Å². The molecule has 1 aliphatic carbocycles. The van der Waals surface area contributed by atoms with Crippen LogP contribution < -0.4 is 5.73 Å². The lowest BCUT2D eigenvalue weighted by molar-refractivity contribution is 0.964. The Hall–Kier alpha value is -1.38. The highest BCUT2D eigenvalue weighted by Gasteiger charge is 2.25. The molecule has 3 heteroatoms.